The van der Waals surface area contributed by atoms with Crippen LogP contribution in [0.25, 0.3) is 0 Å². The van der Waals surface area contributed by atoms with Crippen molar-refractivity contribution in [2.24, 2.45) is 17.8 Å². The van der Waals surface area contributed by atoms with Crippen molar-refractivity contribution in [2.45, 2.75) is 141 Å². The van der Waals surface area contributed by atoms with Crippen LogP contribution in [-0.4, -0.2) is 17.5 Å². The number of alkyl halides is 2. The summed E-state index contributed by atoms with van der Waals surface area (Å²) in [5.74, 6) is -1.39. The number of hydrogen-bond acceptors (Lipinski definition) is 2. The topological polar surface area (TPSA) is 22.1 Å². The van der Waals surface area contributed by atoms with E-state index in [1.54, 1.807) is 6.20 Å². The maximum absolute atomic E-state index is 15.3. The number of rotatable bonds is 15. The number of ether oxygens (including phenoxy) is 1. The zero-order valence-corrected chi connectivity index (χ0v) is 22.6. The monoisotopic (exact) mass is 491 g/mol. The van der Waals surface area contributed by atoms with Crippen LogP contribution in [0.15, 0.2) is 18.3 Å². The van der Waals surface area contributed by atoms with Crippen LogP contribution in [0.5, 0.6) is 5.75 Å². The van der Waals surface area contributed by atoms with Crippen LogP contribution < -0.4 is 4.74 Å². The highest BCUT2D eigenvalue weighted by Crippen LogP contribution is 2.51. The number of unbranched alkanes of at least 4 members (excludes halogenated alkanes) is 8. The van der Waals surface area contributed by atoms with Crippen molar-refractivity contribution in [3.8, 4) is 5.75 Å². The van der Waals surface area contributed by atoms with E-state index < -0.39 is 11.8 Å². The van der Waals surface area contributed by atoms with Gasteiger partial charge in [0, 0.05) is 24.0 Å². The average molecular weight is 492 g/mol. The highest BCUT2D eigenvalue weighted by Gasteiger charge is 2.49. The minimum atomic E-state index is -2.57. The molecule has 3 rings (SSSR count). The van der Waals surface area contributed by atoms with E-state index in [-0.39, 0.29) is 18.3 Å². The van der Waals surface area contributed by atoms with Gasteiger partial charge >= 0.3 is 0 Å². The fourth-order valence-electron chi connectivity index (χ4n) is 6.54. The van der Waals surface area contributed by atoms with Gasteiger partial charge in [-0.1, -0.05) is 90.9 Å². The van der Waals surface area contributed by atoms with Gasteiger partial charge < -0.3 is 4.74 Å². The molecule has 200 valence electrons. The lowest BCUT2D eigenvalue weighted by atomic mass is 9.66. The van der Waals surface area contributed by atoms with E-state index in [2.05, 4.69) is 18.8 Å². The molecule has 1 heterocycles. The SMILES string of the molecule is CCCCCCCCCOc1ccc([C@H]2CC[C@H](C3CCC(CCCCC)CC3)C(F)(F)C2)nc1. The molecule has 0 bridgehead atoms. The molecule has 0 saturated heterocycles. The van der Waals surface area contributed by atoms with E-state index in [0.29, 0.717) is 13.0 Å². The van der Waals surface area contributed by atoms with E-state index in [1.165, 1.54) is 64.2 Å². The molecule has 2 fully saturated rings. The molecule has 0 radical (unpaired) electrons. The van der Waals surface area contributed by atoms with Gasteiger partial charge in [-0.3, -0.25) is 4.98 Å². The van der Waals surface area contributed by atoms with Crippen LogP contribution >= 0.6 is 0 Å². The number of hydrogen-bond donors (Lipinski definition) is 0. The van der Waals surface area contributed by atoms with Crippen LogP contribution in [0.3, 0.4) is 0 Å². The van der Waals surface area contributed by atoms with Gasteiger partial charge in [0.15, 0.2) is 0 Å². The van der Waals surface area contributed by atoms with Crippen LogP contribution in [-0.2, 0) is 0 Å². The van der Waals surface area contributed by atoms with Crippen molar-refractivity contribution in [3.63, 3.8) is 0 Å². The third-order valence-electron chi connectivity index (χ3n) is 8.76. The molecule has 2 aliphatic carbocycles. The molecule has 35 heavy (non-hydrogen) atoms. The lowest BCUT2D eigenvalue weighted by Gasteiger charge is -2.42. The summed E-state index contributed by atoms with van der Waals surface area (Å²) in [6.45, 7) is 5.19. The maximum atomic E-state index is 15.3. The molecule has 2 atom stereocenters. The van der Waals surface area contributed by atoms with Gasteiger partial charge in [0.05, 0.1) is 12.8 Å². The van der Waals surface area contributed by atoms with Gasteiger partial charge in [-0.25, -0.2) is 8.78 Å². The average Bonchev–Trinajstić information content (AvgIpc) is 2.86. The molecule has 1 aromatic heterocycles. The fourth-order valence-corrected chi connectivity index (χ4v) is 6.54. The smallest absolute Gasteiger partial charge is 0.251 e. The van der Waals surface area contributed by atoms with E-state index in [0.717, 1.165) is 55.9 Å². The normalized spacial score (nSPS) is 26.5. The third kappa shape index (κ3) is 9.32. The molecular weight excluding hydrogens is 440 g/mol. The van der Waals surface area contributed by atoms with Crippen LogP contribution in [0.2, 0.25) is 0 Å². The number of nitrogens with zero attached hydrogens (tertiary/aromatic N) is 1. The van der Waals surface area contributed by atoms with E-state index in [4.69, 9.17) is 4.74 Å². The lowest BCUT2D eigenvalue weighted by molar-refractivity contribution is -0.119. The molecular formula is C31H51F2NO. The molecule has 0 aliphatic heterocycles. The van der Waals surface area contributed by atoms with Crippen molar-refractivity contribution >= 4 is 0 Å². The summed E-state index contributed by atoms with van der Waals surface area (Å²) in [6.07, 6.45) is 21.5. The molecule has 0 aromatic carbocycles. The van der Waals surface area contributed by atoms with E-state index >= 15 is 8.78 Å². The van der Waals surface area contributed by atoms with Crippen LogP contribution in [0, 0.1) is 17.8 Å². The van der Waals surface area contributed by atoms with Crippen LogP contribution in [0.1, 0.15) is 141 Å². The fraction of sp³-hybridized carbons (Fsp3) is 0.839. The summed E-state index contributed by atoms with van der Waals surface area (Å²) in [5, 5.41) is 0. The predicted molar refractivity (Wildman–Crippen MR) is 142 cm³/mol. The quantitative estimate of drug-likeness (QED) is 0.228. The van der Waals surface area contributed by atoms with E-state index in [1.807, 2.05) is 12.1 Å². The van der Waals surface area contributed by atoms with Gasteiger partial charge in [-0.2, -0.15) is 0 Å². The minimum Gasteiger partial charge on any atom is -0.492 e. The molecule has 0 spiro atoms. The second-order valence-corrected chi connectivity index (χ2v) is 11.5. The maximum Gasteiger partial charge on any atom is 0.251 e. The Morgan fingerprint density at radius 2 is 1.51 bits per heavy atom. The first kappa shape index (κ1) is 28.4. The van der Waals surface area contributed by atoms with Gasteiger partial charge in [0.2, 0.25) is 0 Å². The zero-order valence-electron chi connectivity index (χ0n) is 22.6. The van der Waals surface area contributed by atoms with Crippen molar-refractivity contribution in [1.29, 1.82) is 0 Å². The summed E-state index contributed by atoms with van der Waals surface area (Å²) >= 11 is 0. The lowest BCUT2D eigenvalue weighted by Crippen LogP contribution is -2.40. The standard InChI is InChI=1S/C31H51F2NO/c1-3-5-7-8-9-10-12-22-35-28-19-21-30(34-24-28)27-18-20-29(31(32,33)23-27)26-16-14-25(15-17-26)13-11-6-4-2/h19,21,24-27,29H,3-18,20,22-23H2,1-2H3/t25?,26?,27-,29+/m0/s1. The molecule has 2 aliphatic rings. The highest BCUT2D eigenvalue weighted by atomic mass is 19.3. The molecule has 0 N–H and O–H groups in total. The molecule has 1 aromatic rings. The highest BCUT2D eigenvalue weighted by molar-refractivity contribution is 5.22. The molecule has 2 saturated carbocycles. The summed E-state index contributed by atoms with van der Waals surface area (Å²) in [5.41, 5.74) is 0.811. The Morgan fingerprint density at radius 1 is 0.829 bits per heavy atom. The Morgan fingerprint density at radius 3 is 2.17 bits per heavy atom. The largest absolute Gasteiger partial charge is 0.492 e. The Balaban J connectivity index is 1.38. The molecule has 0 amide bonds. The molecule has 4 heteroatoms. The number of aromatic nitrogens is 1. The van der Waals surface area contributed by atoms with Gasteiger partial charge in [-0.05, 0) is 56.1 Å². The Labute approximate surface area is 214 Å². The van der Waals surface area contributed by atoms with Crippen molar-refractivity contribution in [2.75, 3.05) is 6.61 Å². The molecule has 0 unspecified atom stereocenters. The molecule has 2 nitrogen and oxygen atoms in total. The Bertz CT molecular complexity index is 684. The van der Waals surface area contributed by atoms with Gasteiger partial charge in [0.1, 0.15) is 5.75 Å². The van der Waals surface area contributed by atoms with Crippen molar-refractivity contribution in [1.82, 2.24) is 4.98 Å². The van der Waals surface area contributed by atoms with Crippen molar-refractivity contribution < 1.29 is 13.5 Å². The van der Waals surface area contributed by atoms with Gasteiger partial charge in [-0.15, -0.1) is 0 Å². The van der Waals surface area contributed by atoms with E-state index in [9.17, 15) is 0 Å². The first-order valence-electron chi connectivity index (χ1n) is 15.0. The summed E-state index contributed by atoms with van der Waals surface area (Å²) in [7, 11) is 0. The Kier molecular flexibility index (Phi) is 12.3. The first-order valence-corrected chi connectivity index (χ1v) is 15.0. The third-order valence-corrected chi connectivity index (χ3v) is 8.76. The second kappa shape index (κ2) is 15.2. The summed E-state index contributed by atoms with van der Waals surface area (Å²) < 4.78 is 36.4. The van der Waals surface area contributed by atoms with Gasteiger partial charge in [0.25, 0.3) is 5.92 Å². The number of pyridine rings is 1. The zero-order chi connectivity index (χ0) is 24.9. The first-order chi connectivity index (χ1) is 17.0. The minimum absolute atomic E-state index is 0.0423. The Hall–Kier alpha value is -1.19. The number of halogens is 2. The summed E-state index contributed by atoms with van der Waals surface area (Å²) in [4.78, 5) is 4.54. The second-order valence-electron chi connectivity index (χ2n) is 11.5. The van der Waals surface area contributed by atoms with Crippen molar-refractivity contribution in [3.05, 3.63) is 24.0 Å². The summed E-state index contributed by atoms with van der Waals surface area (Å²) in [6, 6.07) is 3.84. The predicted octanol–water partition coefficient (Wildman–Crippen LogP) is 10.1. The van der Waals surface area contributed by atoms with Crippen LogP contribution in [0.4, 0.5) is 8.78 Å².